The number of nitrogens with two attached hydrogens (primary N) is 2. The van der Waals surface area contributed by atoms with Crippen LogP contribution < -0.4 is 11.5 Å². The molecule has 0 aliphatic carbocycles. The molecule has 0 rings (SSSR count). The van der Waals surface area contributed by atoms with Gasteiger partial charge < -0.3 is 25.7 Å². The van der Waals surface area contributed by atoms with Crippen molar-refractivity contribution in [3.05, 3.63) is 0 Å². The van der Waals surface area contributed by atoms with Crippen molar-refractivity contribution in [3.63, 3.8) is 0 Å². The second-order valence-corrected chi connectivity index (χ2v) is 16.0. The van der Waals surface area contributed by atoms with Crippen LogP contribution in [0.3, 0.4) is 0 Å². The first kappa shape index (κ1) is 34.5. The van der Waals surface area contributed by atoms with E-state index in [4.69, 9.17) is 25.7 Å². The molecule has 0 heterocycles. The molecule has 4 atom stereocenters. The van der Waals surface area contributed by atoms with E-state index in [0.29, 0.717) is 25.7 Å². The summed E-state index contributed by atoms with van der Waals surface area (Å²) in [6.07, 6.45) is 1.74. The molecule has 0 radical (unpaired) electrons. The zero-order chi connectivity index (χ0) is 27.4. The Kier molecular flexibility index (Phi) is 12.6. The van der Waals surface area contributed by atoms with Crippen LogP contribution in [0.4, 0.5) is 0 Å². The Morgan fingerprint density at radius 3 is 1.62 bits per heavy atom. The van der Waals surface area contributed by atoms with Crippen LogP contribution in [0.15, 0.2) is 0 Å². The van der Waals surface area contributed by atoms with Crippen molar-refractivity contribution in [1.82, 2.24) is 0 Å². The maximum Gasteiger partial charge on any atom is 0.0772 e. The number of alkyl halides is 1. The smallest absolute Gasteiger partial charge is 0.0772 e. The number of halogens is 1. The fourth-order valence-electron chi connectivity index (χ4n) is 3.68. The molecule has 0 aromatic heterocycles. The van der Waals surface area contributed by atoms with Crippen molar-refractivity contribution in [1.29, 1.82) is 0 Å². The lowest BCUT2D eigenvalue weighted by Gasteiger charge is -2.46. The van der Waals surface area contributed by atoms with Crippen LogP contribution in [0.5, 0.6) is 0 Å². The third kappa shape index (κ3) is 10.5. The lowest BCUT2D eigenvalue weighted by Crippen LogP contribution is -2.52. The Balaban J connectivity index is 5.01. The van der Waals surface area contributed by atoms with Crippen LogP contribution in [-0.4, -0.2) is 51.6 Å². The molecule has 0 aromatic rings. The first-order valence-corrected chi connectivity index (χ1v) is 14.1. The lowest BCUT2D eigenvalue weighted by atomic mass is 9.74. The zero-order valence-electron chi connectivity index (χ0n) is 25.0. The summed E-state index contributed by atoms with van der Waals surface area (Å²) in [5.41, 5.74) is 11.1. The van der Waals surface area contributed by atoms with Gasteiger partial charge in [0.25, 0.3) is 0 Å². The molecule has 0 spiro atoms. The van der Waals surface area contributed by atoms with E-state index in [1.807, 2.05) is 6.92 Å². The van der Waals surface area contributed by atoms with Gasteiger partial charge in [-0.25, -0.2) is 0 Å². The highest BCUT2D eigenvalue weighted by molar-refractivity contribution is 14.1. The molecule has 0 saturated carbocycles. The summed E-state index contributed by atoms with van der Waals surface area (Å²) in [5.74, 6) is 0.587. The van der Waals surface area contributed by atoms with Gasteiger partial charge in [-0.1, -0.05) is 50.3 Å². The molecule has 0 saturated heterocycles. The Morgan fingerprint density at radius 1 is 0.706 bits per heavy atom. The zero-order valence-corrected chi connectivity index (χ0v) is 27.2. The summed E-state index contributed by atoms with van der Waals surface area (Å²) < 4.78 is 19.2. The standard InChI is InChI=1S/C28H59IN2O3/c1-20(25(8,9)31)18-34-26(10,11)23(4,5)15-16-32-27(12,13)28(14,29)21(2)19-33-24(6,7)17-22(3)30/h20-22H,15-19,30-31H2,1-14H3. The number of rotatable bonds is 16. The van der Waals surface area contributed by atoms with E-state index < -0.39 is 0 Å². The molecule has 0 fully saturated rings. The van der Waals surface area contributed by atoms with Crippen molar-refractivity contribution < 1.29 is 14.2 Å². The van der Waals surface area contributed by atoms with Crippen LogP contribution >= 0.6 is 22.6 Å². The molecule has 34 heavy (non-hydrogen) atoms. The molecule has 4 N–H and O–H groups in total. The first-order valence-electron chi connectivity index (χ1n) is 13.0. The Labute approximate surface area is 226 Å². The van der Waals surface area contributed by atoms with Crippen molar-refractivity contribution in [2.75, 3.05) is 19.8 Å². The molecule has 0 aliphatic rings. The average Bonchev–Trinajstić information content (AvgIpc) is 2.61. The van der Waals surface area contributed by atoms with Gasteiger partial charge in [0.05, 0.1) is 33.4 Å². The van der Waals surface area contributed by atoms with Crippen LogP contribution in [-0.2, 0) is 14.2 Å². The highest BCUT2D eigenvalue weighted by Crippen LogP contribution is 2.43. The van der Waals surface area contributed by atoms with Crippen LogP contribution in [0, 0.1) is 17.3 Å². The largest absolute Gasteiger partial charge is 0.375 e. The SMILES string of the molecule is CC(N)CC(C)(C)OCC(C)C(C)(I)C(C)(C)OCCC(C)(C)C(C)(C)OCC(C)C(C)(C)N. The number of hydrogen-bond donors (Lipinski definition) is 2. The monoisotopic (exact) mass is 598 g/mol. The normalized spacial score (nSPS) is 19.0. The van der Waals surface area contributed by atoms with Crippen molar-refractivity contribution in [2.45, 2.75) is 142 Å². The van der Waals surface area contributed by atoms with Gasteiger partial charge in [-0.3, -0.25) is 0 Å². The van der Waals surface area contributed by atoms with Crippen LogP contribution in [0.2, 0.25) is 0 Å². The molecule has 0 bridgehead atoms. The summed E-state index contributed by atoms with van der Waals surface area (Å²) >= 11 is 2.56. The topological polar surface area (TPSA) is 79.7 Å². The number of hydrogen-bond acceptors (Lipinski definition) is 5. The van der Waals surface area contributed by atoms with E-state index in [1.165, 1.54) is 0 Å². The van der Waals surface area contributed by atoms with Crippen LogP contribution in [0.25, 0.3) is 0 Å². The third-order valence-electron chi connectivity index (χ3n) is 8.42. The quantitative estimate of drug-likeness (QED) is 0.152. The molecule has 4 unspecified atom stereocenters. The van der Waals surface area contributed by atoms with Gasteiger partial charge in [0.15, 0.2) is 0 Å². The van der Waals surface area contributed by atoms with Gasteiger partial charge in [-0.05, 0) is 99.3 Å². The maximum atomic E-state index is 6.56. The Hall–Kier alpha value is 0.530. The predicted molar refractivity (Wildman–Crippen MR) is 156 cm³/mol. The molecule has 6 heteroatoms. The Morgan fingerprint density at radius 2 is 1.18 bits per heavy atom. The van der Waals surface area contributed by atoms with Gasteiger partial charge in [-0.2, -0.15) is 0 Å². The average molecular weight is 599 g/mol. The second kappa shape index (κ2) is 12.4. The van der Waals surface area contributed by atoms with E-state index in [9.17, 15) is 0 Å². The van der Waals surface area contributed by atoms with Crippen molar-refractivity contribution >= 4 is 22.6 Å². The molecule has 0 aliphatic heterocycles. The van der Waals surface area contributed by atoms with Crippen molar-refractivity contribution in [3.8, 4) is 0 Å². The fourth-order valence-corrected chi connectivity index (χ4v) is 4.02. The molecular weight excluding hydrogens is 539 g/mol. The van der Waals surface area contributed by atoms with Gasteiger partial charge in [-0.15, -0.1) is 0 Å². The maximum absolute atomic E-state index is 6.56. The minimum Gasteiger partial charge on any atom is -0.375 e. The van der Waals surface area contributed by atoms with E-state index >= 15 is 0 Å². The fraction of sp³-hybridized carbons (Fsp3) is 1.00. The highest BCUT2D eigenvalue weighted by atomic mass is 127. The third-order valence-corrected chi connectivity index (χ3v) is 10.8. The number of ether oxygens (including phenoxy) is 3. The minimum atomic E-state index is -0.319. The van der Waals surface area contributed by atoms with E-state index in [1.54, 1.807) is 0 Å². The van der Waals surface area contributed by atoms with E-state index in [2.05, 4.69) is 113 Å². The predicted octanol–water partition coefficient (Wildman–Crippen LogP) is 6.73. The van der Waals surface area contributed by atoms with Crippen LogP contribution in [0.1, 0.15) is 110 Å². The lowest BCUT2D eigenvalue weighted by molar-refractivity contribution is -0.132. The summed E-state index contributed by atoms with van der Waals surface area (Å²) in [4.78, 5) is 0. The highest BCUT2D eigenvalue weighted by Gasteiger charge is 2.45. The van der Waals surface area contributed by atoms with Gasteiger partial charge in [0.2, 0.25) is 0 Å². The summed E-state index contributed by atoms with van der Waals surface area (Å²) in [7, 11) is 0. The summed E-state index contributed by atoms with van der Waals surface area (Å²) in [6.45, 7) is 32.3. The van der Waals surface area contributed by atoms with Gasteiger partial charge >= 0.3 is 0 Å². The minimum absolute atomic E-state index is 0.0547. The van der Waals surface area contributed by atoms with Gasteiger partial charge in [0, 0.05) is 18.2 Å². The molecule has 206 valence electrons. The van der Waals surface area contributed by atoms with E-state index in [-0.39, 0.29) is 43.1 Å². The summed E-state index contributed by atoms with van der Waals surface area (Å²) in [5, 5.41) is 0. The van der Waals surface area contributed by atoms with Gasteiger partial charge in [0.1, 0.15) is 0 Å². The molecule has 0 amide bonds. The van der Waals surface area contributed by atoms with E-state index in [0.717, 1.165) is 12.8 Å². The first-order chi connectivity index (χ1) is 14.9. The summed E-state index contributed by atoms with van der Waals surface area (Å²) in [6, 6.07) is 0.123. The molecule has 0 aromatic carbocycles. The second-order valence-electron chi connectivity index (χ2n) is 13.8. The van der Waals surface area contributed by atoms with Crippen molar-refractivity contribution in [2.24, 2.45) is 28.7 Å². The molecule has 5 nitrogen and oxygen atoms in total. The Bertz CT molecular complexity index is 607. The molecular formula is C28H59IN2O3.